The highest BCUT2D eigenvalue weighted by Crippen LogP contribution is 2.33. The van der Waals surface area contributed by atoms with Crippen LogP contribution < -0.4 is 19.7 Å². The summed E-state index contributed by atoms with van der Waals surface area (Å²) in [5, 5.41) is 2.96. The smallest absolute Gasteiger partial charge is 0.253 e. The molecular weight excluding hydrogens is 306 g/mol. The first-order valence-electron chi connectivity index (χ1n) is 8.05. The van der Waals surface area contributed by atoms with E-state index in [-0.39, 0.29) is 12.7 Å². The molecule has 0 radical (unpaired) electrons. The van der Waals surface area contributed by atoms with Crippen LogP contribution >= 0.6 is 0 Å². The molecule has 1 aromatic carbocycles. The van der Waals surface area contributed by atoms with E-state index in [9.17, 15) is 4.79 Å². The van der Waals surface area contributed by atoms with E-state index < -0.39 is 0 Å². The Hall–Kier alpha value is -2.76. The van der Waals surface area contributed by atoms with Crippen molar-refractivity contribution >= 4 is 11.7 Å². The van der Waals surface area contributed by atoms with Crippen LogP contribution in [0, 0.1) is 0 Å². The third-order valence-corrected chi connectivity index (χ3v) is 4.17. The van der Waals surface area contributed by atoms with Crippen LogP contribution in [-0.4, -0.2) is 30.8 Å². The lowest BCUT2D eigenvalue weighted by Gasteiger charge is -2.18. The summed E-state index contributed by atoms with van der Waals surface area (Å²) in [6.07, 6.45) is 3.79. The van der Waals surface area contributed by atoms with Crippen molar-refractivity contribution in [3.05, 3.63) is 47.7 Å². The maximum Gasteiger partial charge on any atom is 0.253 e. The molecule has 24 heavy (non-hydrogen) atoms. The molecule has 1 amide bonds. The summed E-state index contributed by atoms with van der Waals surface area (Å²) in [7, 11) is 1.97. The van der Waals surface area contributed by atoms with E-state index in [1.54, 1.807) is 6.20 Å². The number of hydrogen-bond acceptors (Lipinski definition) is 5. The Bertz CT molecular complexity index is 757. The van der Waals surface area contributed by atoms with E-state index in [0.717, 1.165) is 35.7 Å². The molecule has 6 heteroatoms. The van der Waals surface area contributed by atoms with Gasteiger partial charge in [0, 0.05) is 25.8 Å². The van der Waals surface area contributed by atoms with Gasteiger partial charge in [-0.05, 0) is 42.7 Å². The summed E-state index contributed by atoms with van der Waals surface area (Å²) in [5.41, 5.74) is 1.71. The van der Waals surface area contributed by atoms with Crippen LogP contribution in [-0.2, 0) is 6.54 Å². The van der Waals surface area contributed by atoms with Gasteiger partial charge in [-0.15, -0.1) is 0 Å². The maximum atomic E-state index is 12.0. The SMILES string of the molecule is CN(Cc1ccc2c(c1)OCO2)c1ccc(C(=O)NC2CC2)cn1. The Kier molecular flexibility index (Phi) is 3.72. The lowest BCUT2D eigenvalue weighted by Crippen LogP contribution is -2.25. The Morgan fingerprint density at radius 3 is 2.83 bits per heavy atom. The van der Waals surface area contributed by atoms with Gasteiger partial charge in [-0.25, -0.2) is 4.98 Å². The number of carbonyl (C=O) groups excluding carboxylic acids is 1. The summed E-state index contributed by atoms with van der Waals surface area (Å²) >= 11 is 0. The van der Waals surface area contributed by atoms with Crippen LogP contribution in [0.15, 0.2) is 36.5 Å². The minimum atomic E-state index is -0.0463. The minimum Gasteiger partial charge on any atom is -0.454 e. The number of benzene rings is 1. The lowest BCUT2D eigenvalue weighted by molar-refractivity contribution is 0.0950. The molecule has 1 N–H and O–H groups in total. The molecule has 1 fully saturated rings. The van der Waals surface area contributed by atoms with Gasteiger partial charge in [0.25, 0.3) is 5.91 Å². The van der Waals surface area contributed by atoms with Crippen LogP contribution in [0.2, 0.25) is 0 Å². The van der Waals surface area contributed by atoms with Gasteiger partial charge in [0.15, 0.2) is 11.5 Å². The summed E-state index contributed by atoms with van der Waals surface area (Å²) in [4.78, 5) is 18.4. The second-order valence-electron chi connectivity index (χ2n) is 6.20. The molecular formula is C18H19N3O3. The van der Waals surface area contributed by atoms with Crippen molar-refractivity contribution in [2.24, 2.45) is 0 Å². The number of rotatable bonds is 5. The molecule has 4 rings (SSSR count). The number of hydrogen-bond donors (Lipinski definition) is 1. The van der Waals surface area contributed by atoms with Crippen LogP contribution in [0.4, 0.5) is 5.82 Å². The van der Waals surface area contributed by atoms with E-state index in [2.05, 4.69) is 10.3 Å². The Morgan fingerprint density at radius 2 is 2.08 bits per heavy atom. The molecule has 0 saturated heterocycles. The molecule has 0 bridgehead atoms. The quantitative estimate of drug-likeness (QED) is 0.914. The first kappa shape index (κ1) is 14.8. The Balaban J connectivity index is 1.42. The standard InChI is InChI=1S/C18H19N3O3/c1-21(10-12-2-6-15-16(8-12)24-11-23-15)17-7-3-13(9-19-17)18(22)20-14-4-5-14/h2-3,6-9,14H,4-5,10-11H2,1H3,(H,20,22). The monoisotopic (exact) mass is 325 g/mol. The number of carbonyl (C=O) groups is 1. The topological polar surface area (TPSA) is 63.7 Å². The van der Waals surface area contributed by atoms with E-state index in [0.29, 0.717) is 18.2 Å². The van der Waals surface area contributed by atoms with Crippen molar-refractivity contribution in [2.75, 3.05) is 18.7 Å². The number of aromatic nitrogens is 1. The molecule has 0 spiro atoms. The van der Waals surface area contributed by atoms with Crippen molar-refractivity contribution in [3.8, 4) is 11.5 Å². The average molecular weight is 325 g/mol. The zero-order valence-electron chi connectivity index (χ0n) is 13.5. The van der Waals surface area contributed by atoms with E-state index in [1.165, 1.54) is 0 Å². The first-order valence-corrected chi connectivity index (χ1v) is 8.05. The molecule has 0 atom stereocenters. The van der Waals surface area contributed by atoms with Crippen molar-refractivity contribution in [1.29, 1.82) is 0 Å². The number of pyridine rings is 1. The maximum absolute atomic E-state index is 12.0. The van der Waals surface area contributed by atoms with Crippen molar-refractivity contribution in [3.63, 3.8) is 0 Å². The molecule has 0 unspecified atom stereocenters. The van der Waals surface area contributed by atoms with Gasteiger partial charge >= 0.3 is 0 Å². The van der Waals surface area contributed by atoms with E-state index in [1.807, 2.05) is 42.3 Å². The molecule has 2 aromatic rings. The number of amides is 1. The van der Waals surface area contributed by atoms with E-state index >= 15 is 0 Å². The van der Waals surface area contributed by atoms with Gasteiger partial charge in [-0.3, -0.25) is 4.79 Å². The van der Waals surface area contributed by atoms with Crippen LogP contribution in [0.25, 0.3) is 0 Å². The third kappa shape index (κ3) is 3.13. The minimum absolute atomic E-state index is 0.0463. The number of fused-ring (bicyclic) bond motifs is 1. The average Bonchev–Trinajstić information content (AvgIpc) is 3.29. The summed E-state index contributed by atoms with van der Waals surface area (Å²) in [6, 6.07) is 9.96. The summed E-state index contributed by atoms with van der Waals surface area (Å²) < 4.78 is 10.7. The van der Waals surface area contributed by atoms with Crippen molar-refractivity contribution in [2.45, 2.75) is 25.4 Å². The van der Waals surface area contributed by atoms with Gasteiger partial charge in [-0.1, -0.05) is 6.07 Å². The fourth-order valence-corrected chi connectivity index (χ4v) is 2.64. The van der Waals surface area contributed by atoms with Crippen molar-refractivity contribution < 1.29 is 14.3 Å². The number of ether oxygens (including phenoxy) is 2. The van der Waals surface area contributed by atoms with E-state index in [4.69, 9.17) is 9.47 Å². The largest absolute Gasteiger partial charge is 0.454 e. The van der Waals surface area contributed by atoms with Gasteiger partial charge in [0.05, 0.1) is 5.56 Å². The predicted octanol–water partition coefficient (Wildman–Crippen LogP) is 2.34. The second kappa shape index (κ2) is 6.03. The first-order chi connectivity index (χ1) is 11.7. The fourth-order valence-electron chi connectivity index (χ4n) is 2.64. The Labute approximate surface area is 140 Å². The zero-order valence-corrected chi connectivity index (χ0v) is 13.5. The number of nitrogens with zero attached hydrogens (tertiary/aromatic N) is 2. The van der Waals surface area contributed by atoms with Crippen LogP contribution in [0.1, 0.15) is 28.8 Å². The van der Waals surface area contributed by atoms with Crippen molar-refractivity contribution in [1.82, 2.24) is 10.3 Å². The van der Waals surface area contributed by atoms with Gasteiger partial charge in [-0.2, -0.15) is 0 Å². The highest BCUT2D eigenvalue weighted by atomic mass is 16.7. The molecule has 1 saturated carbocycles. The van der Waals surface area contributed by atoms with Gasteiger partial charge in [0.2, 0.25) is 6.79 Å². The second-order valence-corrected chi connectivity index (χ2v) is 6.20. The molecule has 1 aliphatic heterocycles. The highest BCUT2D eigenvalue weighted by Gasteiger charge is 2.24. The third-order valence-electron chi connectivity index (χ3n) is 4.17. The molecule has 6 nitrogen and oxygen atoms in total. The highest BCUT2D eigenvalue weighted by molar-refractivity contribution is 5.94. The number of nitrogens with one attached hydrogen (secondary N) is 1. The summed E-state index contributed by atoms with van der Waals surface area (Å²) in [6.45, 7) is 0.970. The predicted molar refractivity (Wildman–Crippen MR) is 89.4 cm³/mol. The van der Waals surface area contributed by atoms with Crippen LogP contribution in [0.5, 0.6) is 11.5 Å². The summed E-state index contributed by atoms with van der Waals surface area (Å²) in [5.74, 6) is 2.33. The number of anilines is 1. The molecule has 2 aliphatic rings. The normalized spacial score (nSPS) is 15.2. The Morgan fingerprint density at radius 1 is 1.25 bits per heavy atom. The van der Waals surface area contributed by atoms with Crippen LogP contribution in [0.3, 0.4) is 0 Å². The van der Waals surface area contributed by atoms with Gasteiger partial charge < -0.3 is 19.7 Å². The molecule has 124 valence electrons. The molecule has 1 aliphatic carbocycles. The zero-order chi connectivity index (χ0) is 16.5. The van der Waals surface area contributed by atoms with Gasteiger partial charge in [0.1, 0.15) is 5.82 Å². The molecule has 2 heterocycles. The molecule has 1 aromatic heterocycles. The fraction of sp³-hybridized carbons (Fsp3) is 0.333. The lowest BCUT2D eigenvalue weighted by atomic mass is 10.2.